The highest BCUT2D eigenvalue weighted by Crippen LogP contribution is 2.26. The summed E-state index contributed by atoms with van der Waals surface area (Å²) in [5.74, 6) is 1.09. The van der Waals surface area contributed by atoms with Crippen molar-refractivity contribution >= 4 is 11.5 Å². The van der Waals surface area contributed by atoms with Crippen LogP contribution in [0.4, 0.5) is 11.5 Å². The first-order valence-corrected chi connectivity index (χ1v) is 6.91. The van der Waals surface area contributed by atoms with Gasteiger partial charge in [0, 0.05) is 25.8 Å². The molecule has 1 aliphatic rings. The maximum atomic E-state index is 4.54. The van der Waals surface area contributed by atoms with E-state index in [0.717, 1.165) is 31.1 Å². The highest BCUT2D eigenvalue weighted by atomic mass is 15.2. The maximum absolute atomic E-state index is 4.54. The zero-order chi connectivity index (χ0) is 12.9. The fraction of sp³-hybridized carbons (Fsp3) is 0.312. The summed E-state index contributed by atoms with van der Waals surface area (Å²) in [7, 11) is 0. The van der Waals surface area contributed by atoms with E-state index in [0.29, 0.717) is 0 Å². The van der Waals surface area contributed by atoms with Crippen molar-refractivity contribution in [2.75, 3.05) is 23.3 Å². The van der Waals surface area contributed by atoms with Gasteiger partial charge in [-0.2, -0.15) is 0 Å². The summed E-state index contributed by atoms with van der Waals surface area (Å²) in [6.45, 7) is 3.08. The van der Waals surface area contributed by atoms with Gasteiger partial charge in [-0.25, -0.2) is 4.98 Å². The van der Waals surface area contributed by atoms with Crippen LogP contribution >= 0.6 is 0 Å². The Morgan fingerprint density at radius 1 is 1.00 bits per heavy atom. The fourth-order valence-corrected chi connectivity index (χ4v) is 2.51. The third kappa shape index (κ3) is 2.87. The van der Waals surface area contributed by atoms with Gasteiger partial charge in [-0.05, 0) is 30.5 Å². The maximum Gasteiger partial charge on any atom is 0.151 e. The Hall–Kier alpha value is -2.03. The van der Waals surface area contributed by atoms with Crippen molar-refractivity contribution in [1.29, 1.82) is 0 Å². The summed E-state index contributed by atoms with van der Waals surface area (Å²) in [6, 6.07) is 14.6. The van der Waals surface area contributed by atoms with Gasteiger partial charge >= 0.3 is 0 Å². The number of benzene rings is 1. The molecule has 0 radical (unpaired) electrons. The van der Waals surface area contributed by atoms with Crippen molar-refractivity contribution in [3.8, 4) is 0 Å². The zero-order valence-electron chi connectivity index (χ0n) is 11.0. The molecule has 98 valence electrons. The van der Waals surface area contributed by atoms with Crippen LogP contribution in [0.25, 0.3) is 0 Å². The van der Waals surface area contributed by atoms with Gasteiger partial charge in [0.2, 0.25) is 0 Å². The van der Waals surface area contributed by atoms with Crippen LogP contribution in [0.1, 0.15) is 18.4 Å². The van der Waals surface area contributed by atoms with E-state index in [1.165, 1.54) is 18.4 Å². The van der Waals surface area contributed by atoms with E-state index in [1.807, 2.05) is 18.3 Å². The zero-order valence-corrected chi connectivity index (χ0v) is 11.0. The highest BCUT2D eigenvalue weighted by Gasteiger charge is 2.16. The molecule has 0 atom stereocenters. The van der Waals surface area contributed by atoms with Gasteiger partial charge in [-0.1, -0.05) is 30.3 Å². The minimum atomic E-state index is 0.841. The molecule has 2 heterocycles. The van der Waals surface area contributed by atoms with Crippen molar-refractivity contribution in [2.24, 2.45) is 0 Å². The largest absolute Gasteiger partial charge is 0.378 e. The third-order valence-corrected chi connectivity index (χ3v) is 3.52. The molecule has 0 saturated carbocycles. The Balaban J connectivity index is 1.73. The van der Waals surface area contributed by atoms with Crippen LogP contribution < -0.4 is 10.2 Å². The summed E-state index contributed by atoms with van der Waals surface area (Å²) in [6.07, 6.45) is 4.42. The van der Waals surface area contributed by atoms with E-state index in [-0.39, 0.29) is 0 Å². The number of hydrogen-bond acceptors (Lipinski definition) is 3. The van der Waals surface area contributed by atoms with Crippen molar-refractivity contribution in [1.82, 2.24) is 4.98 Å². The normalized spacial score (nSPS) is 14.6. The molecule has 3 rings (SSSR count). The molecule has 1 aromatic heterocycles. The minimum Gasteiger partial charge on any atom is -0.378 e. The van der Waals surface area contributed by atoms with Gasteiger partial charge in [0.1, 0.15) is 0 Å². The lowest BCUT2D eigenvalue weighted by Gasteiger charge is -2.20. The first-order valence-electron chi connectivity index (χ1n) is 6.91. The third-order valence-electron chi connectivity index (χ3n) is 3.52. The smallest absolute Gasteiger partial charge is 0.151 e. The Bertz CT molecular complexity index is 519. The lowest BCUT2D eigenvalue weighted by atomic mass is 10.2. The second-order valence-corrected chi connectivity index (χ2v) is 4.91. The molecular formula is C16H19N3. The van der Waals surface area contributed by atoms with Crippen molar-refractivity contribution in [2.45, 2.75) is 19.4 Å². The van der Waals surface area contributed by atoms with Gasteiger partial charge in [-0.15, -0.1) is 0 Å². The van der Waals surface area contributed by atoms with E-state index < -0.39 is 0 Å². The molecule has 0 bridgehead atoms. The topological polar surface area (TPSA) is 28.2 Å². The van der Waals surface area contributed by atoms with Crippen molar-refractivity contribution in [3.05, 3.63) is 54.2 Å². The summed E-state index contributed by atoms with van der Waals surface area (Å²) in [4.78, 5) is 6.90. The predicted octanol–water partition coefficient (Wildman–Crippen LogP) is 3.29. The van der Waals surface area contributed by atoms with E-state index in [9.17, 15) is 0 Å². The monoisotopic (exact) mass is 253 g/mol. The number of anilines is 2. The molecule has 0 amide bonds. The highest BCUT2D eigenvalue weighted by molar-refractivity contribution is 5.65. The molecule has 0 aliphatic carbocycles. The Morgan fingerprint density at radius 2 is 1.79 bits per heavy atom. The standard InChI is InChI=1S/C16H19N3/c1-2-7-14(8-3-1)13-18-15-9-6-10-17-16(15)19-11-4-5-12-19/h1-3,6-10,18H,4-5,11-13H2. The molecule has 1 aliphatic heterocycles. The molecular weight excluding hydrogens is 234 g/mol. The summed E-state index contributed by atoms with van der Waals surface area (Å²) < 4.78 is 0. The second-order valence-electron chi connectivity index (χ2n) is 4.91. The average Bonchev–Trinajstić information content (AvgIpc) is 3.01. The molecule has 0 unspecified atom stereocenters. The van der Waals surface area contributed by atoms with E-state index >= 15 is 0 Å². The number of rotatable bonds is 4. The van der Waals surface area contributed by atoms with Crippen molar-refractivity contribution in [3.63, 3.8) is 0 Å². The van der Waals surface area contributed by atoms with Gasteiger partial charge in [-0.3, -0.25) is 0 Å². The summed E-state index contributed by atoms with van der Waals surface area (Å²) in [5.41, 5.74) is 2.42. The molecule has 1 fully saturated rings. The van der Waals surface area contributed by atoms with Crippen molar-refractivity contribution < 1.29 is 0 Å². The molecule has 19 heavy (non-hydrogen) atoms. The van der Waals surface area contributed by atoms with E-state index in [1.54, 1.807) is 0 Å². The minimum absolute atomic E-state index is 0.841. The fourth-order valence-electron chi connectivity index (χ4n) is 2.51. The molecule has 2 aromatic rings. The molecule has 1 saturated heterocycles. The molecule has 1 aromatic carbocycles. The number of aromatic nitrogens is 1. The second kappa shape index (κ2) is 5.74. The quantitative estimate of drug-likeness (QED) is 0.906. The lowest BCUT2D eigenvalue weighted by Crippen LogP contribution is -2.20. The Morgan fingerprint density at radius 3 is 2.58 bits per heavy atom. The van der Waals surface area contributed by atoms with Crippen LogP contribution in [0.5, 0.6) is 0 Å². The van der Waals surface area contributed by atoms with Crippen LogP contribution in [0.2, 0.25) is 0 Å². The molecule has 3 heteroatoms. The molecule has 3 nitrogen and oxygen atoms in total. The van der Waals surface area contributed by atoms with Crippen LogP contribution in [0.3, 0.4) is 0 Å². The van der Waals surface area contributed by atoms with Gasteiger partial charge in [0.05, 0.1) is 5.69 Å². The van der Waals surface area contributed by atoms with E-state index in [4.69, 9.17) is 0 Å². The van der Waals surface area contributed by atoms with Crippen LogP contribution in [0, 0.1) is 0 Å². The Kier molecular flexibility index (Phi) is 3.63. The number of nitrogens with one attached hydrogen (secondary N) is 1. The average molecular weight is 253 g/mol. The predicted molar refractivity (Wildman–Crippen MR) is 79.5 cm³/mol. The van der Waals surface area contributed by atoms with Gasteiger partial charge in [0.25, 0.3) is 0 Å². The first-order chi connectivity index (χ1) is 9.43. The van der Waals surface area contributed by atoms with Gasteiger partial charge in [0.15, 0.2) is 5.82 Å². The van der Waals surface area contributed by atoms with Gasteiger partial charge < -0.3 is 10.2 Å². The van der Waals surface area contributed by atoms with E-state index in [2.05, 4.69) is 45.5 Å². The molecule has 0 spiro atoms. The summed E-state index contributed by atoms with van der Waals surface area (Å²) >= 11 is 0. The molecule has 1 N–H and O–H groups in total. The SMILES string of the molecule is c1ccc(CNc2cccnc2N2CCCC2)cc1. The number of nitrogens with zero attached hydrogens (tertiary/aromatic N) is 2. The number of pyridine rings is 1. The summed E-state index contributed by atoms with van der Waals surface area (Å²) in [5, 5.41) is 3.50. The van der Waals surface area contributed by atoms with Crippen LogP contribution in [-0.4, -0.2) is 18.1 Å². The van der Waals surface area contributed by atoms with Crippen LogP contribution in [0.15, 0.2) is 48.7 Å². The Labute approximate surface area is 114 Å². The number of hydrogen-bond donors (Lipinski definition) is 1. The first kappa shape index (κ1) is 12.0. The lowest BCUT2D eigenvalue weighted by molar-refractivity contribution is 0.935. The van der Waals surface area contributed by atoms with Crippen LogP contribution in [-0.2, 0) is 6.54 Å².